The normalized spacial score (nSPS) is 17.5. The molecule has 1 aliphatic rings. The largest absolute Gasteiger partial charge is 0.341 e. The second-order valence-corrected chi connectivity index (χ2v) is 4.62. The van der Waals surface area contributed by atoms with Gasteiger partial charge in [-0.2, -0.15) is 0 Å². The lowest BCUT2D eigenvalue weighted by Gasteiger charge is -2.25. The van der Waals surface area contributed by atoms with Crippen LogP contribution in [0.1, 0.15) is 46.0 Å². The smallest absolute Gasteiger partial charge is 0.239 e. The summed E-state index contributed by atoms with van der Waals surface area (Å²) in [6.45, 7) is 5.98. The summed E-state index contributed by atoms with van der Waals surface area (Å²) in [7, 11) is 0. The van der Waals surface area contributed by atoms with E-state index in [0.717, 1.165) is 38.3 Å². The lowest BCUT2D eigenvalue weighted by Crippen LogP contribution is -2.44. The number of hydrogen-bond acceptors (Lipinski definition) is 2. The van der Waals surface area contributed by atoms with Gasteiger partial charge in [0.2, 0.25) is 5.91 Å². The molecule has 1 rings (SSSR count). The Hall–Kier alpha value is -0.570. The van der Waals surface area contributed by atoms with Crippen molar-refractivity contribution in [3.05, 3.63) is 0 Å². The van der Waals surface area contributed by atoms with Crippen molar-refractivity contribution >= 4 is 5.91 Å². The number of carbonyl (C=O) groups is 1. The summed E-state index contributed by atoms with van der Waals surface area (Å²) in [6.07, 6.45) is 5.39. The van der Waals surface area contributed by atoms with Gasteiger partial charge in [-0.1, -0.05) is 20.3 Å². The molecule has 88 valence electrons. The Bertz CT molecular complexity index is 202. The van der Waals surface area contributed by atoms with Crippen molar-refractivity contribution in [2.24, 2.45) is 11.7 Å². The highest BCUT2D eigenvalue weighted by Gasteiger charge is 2.28. The molecule has 0 bridgehead atoms. The maximum Gasteiger partial charge on any atom is 0.239 e. The van der Waals surface area contributed by atoms with Crippen molar-refractivity contribution in [3.8, 4) is 0 Å². The molecule has 3 nitrogen and oxygen atoms in total. The third-order valence-electron chi connectivity index (χ3n) is 2.90. The zero-order valence-corrected chi connectivity index (χ0v) is 10.0. The van der Waals surface area contributed by atoms with Crippen molar-refractivity contribution in [1.29, 1.82) is 0 Å². The van der Waals surface area contributed by atoms with Gasteiger partial charge in [-0.25, -0.2) is 0 Å². The van der Waals surface area contributed by atoms with E-state index in [2.05, 4.69) is 13.8 Å². The zero-order chi connectivity index (χ0) is 11.3. The number of carbonyl (C=O) groups excluding carboxylic acids is 1. The number of nitrogens with zero attached hydrogens (tertiary/aromatic N) is 1. The van der Waals surface area contributed by atoms with E-state index in [0.29, 0.717) is 0 Å². The molecule has 0 saturated heterocycles. The molecule has 1 atom stereocenters. The van der Waals surface area contributed by atoms with Gasteiger partial charge < -0.3 is 10.6 Å². The van der Waals surface area contributed by atoms with Crippen molar-refractivity contribution in [2.45, 2.75) is 52.0 Å². The van der Waals surface area contributed by atoms with Crippen LogP contribution < -0.4 is 5.73 Å². The van der Waals surface area contributed by atoms with E-state index >= 15 is 0 Å². The fourth-order valence-electron chi connectivity index (χ4n) is 1.84. The summed E-state index contributed by atoms with van der Waals surface area (Å²) in [5.41, 5.74) is 5.86. The molecule has 0 aromatic heterocycles. The first kappa shape index (κ1) is 12.5. The minimum Gasteiger partial charge on any atom is -0.341 e. The number of nitrogens with two attached hydrogens (primary N) is 1. The second kappa shape index (κ2) is 6.11. The monoisotopic (exact) mass is 212 g/mol. The fraction of sp³-hybridized carbons (Fsp3) is 0.917. The Morgan fingerprint density at radius 3 is 2.53 bits per heavy atom. The second-order valence-electron chi connectivity index (χ2n) is 4.62. The predicted molar refractivity (Wildman–Crippen MR) is 62.5 cm³/mol. The molecule has 2 N–H and O–H groups in total. The highest BCUT2D eigenvalue weighted by atomic mass is 16.2. The van der Waals surface area contributed by atoms with E-state index in [4.69, 9.17) is 5.73 Å². The van der Waals surface area contributed by atoms with Crippen LogP contribution in [0.25, 0.3) is 0 Å². The molecule has 0 aromatic rings. The quantitative estimate of drug-likeness (QED) is 0.699. The lowest BCUT2D eigenvalue weighted by atomic mass is 10.1. The van der Waals surface area contributed by atoms with Gasteiger partial charge >= 0.3 is 0 Å². The maximum absolute atomic E-state index is 12.0. The first-order valence-corrected chi connectivity index (χ1v) is 6.23. The third-order valence-corrected chi connectivity index (χ3v) is 2.90. The van der Waals surface area contributed by atoms with Crippen molar-refractivity contribution in [1.82, 2.24) is 4.90 Å². The van der Waals surface area contributed by atoms with E-state index in [1.807, 2.05) is 4.90 Å². The standard InChI is InChI=1S/C12H24N2O/c1-3-5-11(13)12(15)14(8-4-2)9-10-6-7-10/h10-11H,3-9,13H2,1-2H3/t11-/m0/s1. The highest BCUT2D eigenvalue weighted by Crippen LogP contribution is 2.29. The van der Waals surface area contributed by atoms with E-state index in [1.165, 1.54) is 12.8 Å². The molecule has 1 amide bonds. The fourth-order valence-corrected chi connectivity index (χ4v) is 1.84. The molecular weight excluding hydrogens is 188 g/mol. The molecule has 0 heterocycles. The average molecular weight is 212 g/mol. The van der Waals surface area contributed by atoms with Gasteiger partial charge in [0.15, 0.2) is 0 Å². The maximum atomic E-state index is 12.0. The Balaban J connectivity index is 2.40. The van der Waals surface area contributed by atoms with Crippen molar-refractivity contribution in [3.63, 3.8) is 0 Å². The van der Waals surface area contributed by atoms with Crippen LogP contribution >= 0.6 is 0 Å². The third kappa shape index (κ3) is 4.20. The van der Waals surface area contributed by atoms with Crippen molar-refractivity contribution in [2.75, 3.05) is 13.1 Å². The first-order valence-electron chi connectivity index (χ1n) is 6.23. The number of rotatable bonds is 7. The van der Waals surface area contributed by atoms with Crippen LogP contribution in [0.5, 0.6) is 0 Å². The molecule has 1 saturated carbocycles. The van der Waals surface area contributed by atoms with Crippen LogP contribution in [0.4, 0.5) is 0 Å². The molecule has 3 heteroatoms. The van der Waals surface area contributed by atoms with Crippen LogP contribution in [0.3, 0.4) is 0 Å². The molecular formula is C12H24N2O. The van der Waals surface area contributed by atoms with E-state index in [1.54, 1.807) is 0 Å². The molecule has 0 spiro atoms. The van der Waals surface area contributed by atoms with Crippen molar-refractivity contribution < 1.29 is 4.79 Å². The summed E-state index contributed by atoms with van der Waals surface area (Å²) in [4.78, 5) is 14.0. The average Bonchev–Trinajstić information content (AvgIpc) is 3.00. The summed E-state index contributed by atoms with van der Waals surface area (Å²) in [6, 6.07) is -0.278. The Kier molecular flexibility index (Phi) is 5.09. The Morgan fingerprint density at radius 1 is 1.40 bits per heavy atom. The zero-order valence-electron chi connectivity index (χ0n) is 10.0. The van der Waals surface area contributed by atoms with Crippen LogP contribution in [0, 0.1) is 5.92 Å². The minimum absolute atomic E-state index is 0.158. The van der Waals surface area contributed by atoms with E-state index < -0.39 is 0 Å². The number of hydrogen-bond donors (Lipinski definition) is 1. The van der Waals surface area contributed by atoms with Crippen LogP contribution in [0.15, 0.2) is 0 Å². The van der Waals surface area contributed by atoms with Gasteiger partial charge in [-0.05, 0) is 31.6 Å². The number of amides is 1. The SMILES string of the molecule is CCC[C@H](N)C(=O)N(CCC)CC1CC1. The molecule has 1 aliphatic carbocycles. The first-order chi connectivity index (χ1) is 7.19. The summed E-state index contributed by atoms with van der Waals surface area (Å²) in [5, 5.41) is 0. The highest BCUT2D eigenvalue weighted by molar-refractivity contribution is 5.81. The molecule has 0 aromatic carbocycles. The van der Waals surface area contributed by atoms with Gasteiger partial charge in [-0.15, -0.1) is 0 Å². The van der Waals surface area contributed by atoms with E-state index in [9.17, 15) is 4.79 Å². The van der Waals surface area contributed by atoms with Crippen LogP contribution in [0.2, 0.25) is 0 Å². The predicted octanol–water partition coefficient (Wildman–Crippen LogP) is 1.76. The molecule has 0 unspecified atom stereocenters. The van der Waals surface area contributed by atoms with Gasteiger partial charge in [-0.3, -0.25) is 4.79 Å². The Morgan fingerprint density at radius 2 is 2.07 bits per heavy atom. The van der Waals surface area contributed by atoms with Crippen LogP contribution in [-0.2, 0) is 4.79 Å². The summed E-state index contributed by atoms with van der Waals surface area (Å²) in [5.74, 6) is 0.917. The summed E-state index contributed by atoms with van der Waals surface area (Å²) >= 11 is 0. The van der Waals surface area contributed by atoms with E-state index in [-0.39, 0.29) is 11.9 Å². The Labute approximate surface area is 93.0 Å². The minimum atomic E-state index is -0.278. The summed E-state index contributed by atoms with van der Waals surface area (Å²) < 4.78 is 0. The van der Waals surface area contributed by atoms with Gasteiger partial charge in [0, 0.05) is 13.1 Å². The lowest BCUT2D eigenvalue weighted by molar-refractivity contribution is -0.133. The van der Waals surface area contributed by atoms with Gasteiger partial charge in [0.25, 0.3) is 0 Å². The van der Waals surface area contributed by atoms with Gasteiger partial charge in [0.1, 0.15) is 0 Å². The molecule has 0 aliphatic heterocycles. The molecule has 15 heavy (non-hydrogen) atoms. The van der Waals surface area contributed by atoms with Gasteiger partial charge in [0.05, 0.1) is 6.04 Å². The molecule has 0 radical (unpaired) electrons. The topological polar surface area (TPSA) is 46.3 Å². The van der Waals surface area contributed by atoms with Crippen LogP contribution in [-0.4, -0.2) is 29.9 Å². The molecule has 1 fully saturated rings.